The summed E-state index contributed by atoms with van der Waals surface area (Å²) in [6.45, 7) is 6.51. The second kappa shape index (κ2) is 15.6. The number of nitrogens with zero attached hydrogens (tertiary/aromatic N) is 3. The number of likely N-dealkylation sites (tertiary alicyclic amines) is 1. The van der Waals surface area contributed by atoms with Gasteiger partial charge in [0.2, 0.25) is 11.8 Å². The zero-order valence-corrected chi connectivity index (χ0v) is 25.9. The minimum absolute atomic E-state index is 0.0295. The average molecular weight is 606 g/mol. The number of hydrogen-bond acceptors (Lipinski definition) is 7. The Morgan fingerprint density at radius 1 is 1.02 bits per heavy atom. The maximum absolute atomic E-state index is 13.9. The number of nitrogens with one attached hydrogen (secondary N) is 2. The second-order valence-electron chi connectivity index (χ2n) is 12.0. The molecule has 3 amide bonds. The zero-order valence-electron chi connectivity index (χ0n) is 25.9. The molecule has 3 atom stereocenters. The molecule has 44 heavy (non-hydrogen) atoms. The maximum atomic E-state index is 13.9. The maximum Gasteiger partial charge on any atom is 0.250 e. The number of carbonyl (C=O) groups excluding carboxylic acids is 3. The van der Waals surface area contributed by atoms with Crippen molar-refractivity contribution < 1.29 is 28.9 Å². The van der Waals surface area contributed by atoms with E-state index in [4.69, 9.17) is 14.5 Å². The van der Waals surface area contributed by atoms with Crippen LogP contribution in [-0.2, 0) is 41.9 Å². The Morgan fingerprint density at radius 3 is 2.36 bits per heavy atom. The van der Waals surface area contributed by atoms with Crippen molar-refractivity contribution in [1.82, 2.24) is 19.8 Å². The van der Waals surface area contributed by atoms with Crippen molar-refractivity contribution in [2.75, 3.05) is 32.2 Å². The molecule has 3 aromatic rings. The van der Waals surface area contributed by atoms with Crippen molar-refractivity contribution >= 4 is 23.5 Å². The van der Waals surface area contributed by atoms with Gasteiger partial charge in [-0.3, -0.25) is 14.4 Å². The van der Waals surface area contributed by atoms with E-state index in [-0.39, 0.29) is 30.3 Å². The molecule has 1 aromatic heterocycles. The van der Waals surface area contributed by atoms with E-state index in [0.717, 1.165) is 24.0 Å². The van der Waals surface area contributed by atoms with Crippen molar-refractivity contribution in [2.45, 2.75) is 64.8 Å². The first kappa shape index (κ1) is 32.8. The van der Waals surface area contributed by atoms with Crippen molar-refractivity contribution in [2.24, 2.45) is 5.41 Å². The summed E-state index contributed by atoms with van der Waals surface area (Å²) < 4.78 is 7.55. The van der Waals surface area contributed by atoms with Gasteiger partial charge < -0.3 is 24.8 Å². The van der Waals surface area contributed by atoms with Gasteiger partial charge in [0, 0.05) is 24.6 Å². The fourth-order valence-corrected chi connectivity index (χ4v) is 5.01. The van der Waals surface area contributed by atoms with Gasteiger partial charge >= 0.3 is 0 Å². The molecule has 4 rings (SSSR count). The van der Waals surface area contributed by atoms with E-state index in [2.05, 4.69) is 15.6 Å². The molecular formula is C33H43N5O6. The first-order valence-corrected chi connectivity index (χ1v) is 14.9. The minimum Gasteiger partial charge on any atom is -0.374 e. The molecule has 1 fully saturated rings. The van der Waals surface area contributed by atoms with Gasteiger partial charge in [-0.1, -0.05) is 81.4 Å². The van der Waals surface area contributed by atoms with Gasteiger partial charge in [-0.15, -0.1) is 0 Å². The lowest BCUT2D eigenvalue weighted by Gasteiger charge is -2.29. The summed E-state index contributed by atoms with van der Waals surface area (Å²) in [5.41, 5.74) is 1.25. The molecule has 0 aliphatic carbocycles. The first-order chi connectivity index (χ1) is 21.2. The van der Waals surface area contributed by atoms with Crippen LogP contribution in [0.2, 0.25) is 0 Å². The van der Waals surface area contributed by atoms with Crippen LogP contribution in [0.15, 0.2) is 73.2 Å². The van der Waals surface area contributed by atoms with Crippen LogP contribution in [0.1, 0.15) is 50.8 Å². The Balaban J connectivity index is 1.50. The molecule has 0 bridgehead atoms. The highest BCUT2D eigenvalue weighted by Gasteiger charge is 2.35. The highest BCUT2D eigenvalue weighted by atomic mass is 17.2. The third-order valence-electron chi connectivity index (χ3n) is 7.51. The van der Waals surface area contributed by atoms with Crippen LogP contribution in [0.25, 0.3) is 0 Å². The van der Waals surface area contributed by atoms with Crippen LogP contribution >= 0.6 is 0 Å². The van der Waals surface area contributed by atoms with Crippen LogP contribution in [0.5, 0.6) is 0 Å². The normalized spacial score (nSPS) is 16.4. The number of benzene rings is 2. The lowest BCUT2D eigenvalue weighted by molar-refractivity contribution is -0.278. The molecule has 236 valence electrons. The smallest absolute Gasteiger partial charge is 0.250 e. The van der Waals surface area contributed by atoms with Crippen molar-refractivity contribution in [3.05, 3.63) is 84.3 Å². The molecule has 1 aliphatic heterocycles. The van der Waals surface area contributed by atoms with E-state index >= 15 is 0 Å². The minimum atomic E-state index is -0.955. The lowest BCUT2D eigenvalue weighted by Crippen LogP contribution is -2.50. The standard InChI is InChI=1S/C33H43N5O6/c1-33(2,3)32(41)35-27(22-43-20-25-14-9-6-10-15-25)30(39)36-29-19-37(23-34-29)28(18-24-12-7-5-8-13-24)31(40)38-17-11-16-26(38)21-44-42-4/h5-10,12-15,19,23,26-28H,11,16-18,20-22H2,1-4H3,(H,35,41)(H,36,39)/t26?,27-,28?/m1/s1. The monoisotopic (exact) mass is 605 g/mol. The quantitative estimate of drug-likeness (QED) is 0.211. The average Bonchev–Trinajstić information content (AvgIpc) is 3.68. The number of hydrogen-bond donors (Lipinski definition) is 2. The largest absolute Gasteiger partial charge is 0.374 e. The van der Waals surface area contributed by atoms with Gasteiger partial charge in [-0.2, -0.15) is 0 Å². The Bertz CT molecular complexity index is 1360. The van der Waals surface area contributed by atoms with Gasteiger partial charge in [0.25, 0.3) is 5.91 Å². The molecule has 0 radical (unpaired) electrons. The molecule has 11 nitrogen and oxygen atoms in total. The van der Waals surface area contributed by atoms with Gasteiger partial charge in [0.05, 0.1) is 32.7 Å². The second-order valence-corrected chi connectivity index (χ2v) is 12.0. The molecule has 2 aromatic carbocycles. The topological polar surface area (TPSA) is 124 Å². The SMILES string of the molecule is COOCC1CCCN1C(=O)C(Cc1ccccc1)n1cnc(NC(=O)[C@@H](COCc2ccccc2)NC(=O)C(C)(C)C)c1. The highest BCUT2D eigenvalue weighted by Crippen LogP contribution is 2.26. The van der Waals surface area contributed by atoms with Crippen LogP contribution in [-0.4, -0.2) is 71.1 Å². The van der Waals surface area contributed by atoms with Crippen LogP contribution in [0.3, 0.4) is 0 Å². The summed E-state index contributed by atoms with van der Waals surface area (Å²) in [6.07, 6.45) is 5.34. The summed E-state index contributed by atoms with van der Waals surface area (Å²) in [5.74, 6) is -0.545. The van der Waals surface area contributed by atoms with Crippen LogP contribution in [0.4, 0.5) is 5.82 Å². The molecule has 11 heteroatoms. The van der Waals surface area contributed by atoms with E-state index in [9.17, 15) is 14.4 Å². The summed E-state index contributed by atoms with van der Waals surface area (Å²) >= 11 is 0. The Hall–Kier alpha value is -4.06. The van der Waals surface area contributed by atoms with E-state index < -0.39 is 23.4 Å². The number of carbonyl (C=O) groups is 3. The number of rotatable bonds is 14. The summed E-state index contributed by atoms with van der Waals surface area (Å²) in [4.78, 5) is 56.4. The van der Waals surface area contributed by atoms with Crippen molar-refractivity contribution in [3.8, 4) is 0 Å². The Morgan fingerprint density at radius 2 is 1.70 bits per heavy atom. The third kappa shape index (κ3) is 9.22. The highest BCUT2D eigenvalue weighted by molar-refractivity contribution is 5.97. The Labute approximate surface area is 258 Å². The van der Waals surface area contributed by atoms with Crippen molar-refractivity contribution in [3.63, 3.8) is 0 Å². The van der Waals surface area contributed by atoms with Gasteiger partial charge in [0.1, 0.15) is 18.7 Å². The molecule has 2 heterocycles. The molecule has 0 saturated carbocycles. The number of aromatic nitrogens is 2. The van der Waals surface area contributed by atoms with Gasteiger partial charge in [0.15, 0.2) is 5.82 Å². The zero-order chi connectivity index (χ0) is 31.5. The fraction of sp³-hybridized carbons (Fsp3) is 0.455. The van der Waals surface area contributed by atoms with E-state index in [0.29, 0.717) is 26.2 Å². The van der Waals surface area contributed by atoms with Gasteiger partial charge in [-0.05, 0) is 24.0 Å². The number of ether oxygens (including phenoxy) is 1. The molecule has 2 unspecified atom stereocenters. The van der Waals surface area contributed by atoms with E-state index in [1.54, 1.807) is 37.9 Å². The van der Waals surface area contributed by atoms with E-state index in [1.807, 2.05) is 65.6 Å². The number of anilines is 1. The molecule has 0 spiro atoms. The van der Waals surface area contributed by atoms with Gasteiger partial charge in [-0.25, -0.2) is 14.8 Å². The van der Waals surface area contributed by atoms with Crippen LogP contribution in [0, 0.1) is 5.41 Å². The predicted molar refractivity (Wildman–Crippen MR) is 165 cm³/mol. The number of amides is 3. The van der Waals surface area contributed by atoms with Crippen molar-refractivity contribution in [1.29, 1.82) is 0 Å². The summed E-state index contributed by atoms with van der Waals surface area (Å²) in [7, 11) is 1.45. The Kier molecular flexibility index (Phi) is 11.6. The molecule has 1 saturated heterocycles. The lowest BCUT2D eigenvalue weighted by atomic mass is 9.95. The summed E-state index contributed by atoms with van der Waals surface area (Å²) in [6, 6.07) is 17.7. The first-order valence-electron chi connectivity index (χ1n) is 14.9. The van der Waals surface area contributed by atoms with Crippen LogP contribution < -0.4 is 10.6 Å². The predicted octanol–water partition coefficient (Wildman–Crippen LogP) is 3.92. The molecule has 1 aliphatic rings. The molecule has 2 N–H and O–H groups in total. The molecular weight excluding hydrogens is 562 g/mol. The summed E-state index contributed by atoms with van der Waals surface area (Å²) in [5, 5.41) is 5.61. The van der Waals surface area contributed by atoms with E-state index in [1.165, 1.54) is 7.11 Å². The number of imidazole rings is 1. The third-order valence-corrected chi connectivity index (χ3v) is 7.51. The fourth-order valence-electron chi connectivity index (χ4n) is 5.01.